The number of piperidine rings is 1. The summed E-state index contributed by atoms with van der Waals surface area (Å²) in [5.74, 6) is -0.502. The Bertz CT molecular complexity index is 1120. The molecule has 3 heterocycles. The van der Waals surface area contributed by atoms with Crippen molar-refractivity contribution in [1.82, 2.24) is 19.9 Å². The number of likely N-dealkylation sites (tertiary alicyclic amines) is 1. The number of pyridine rings is 1. The maximum absolute atomic E-state index is 15.1. The van der Waals surface area contributed by atoms with Crippen LogP contribution in [0.1, 0.15) is 66.2 Å². The number of fused-ring (bicyclic) bond motifs is 1. The fourth-order valence-electron chi connectivity index (χ4n) is 4.69. The number of nitrogens with zero attached hydrogens (tertiary/aromatic N) is 4. The Morgan fingerprint density at radius 1 is 1.19 bits per heavy atom. The highest BCUT2D eigenvalue weighted by Crippen LogP contribution is 2.40. The summed E-state index contributed by atoms with van der Waals surface area (Å²) < 4.78 is 41.8. The molecule has 1 saturated heterocycles. The summed E-state index contributed by atoms with van der Waals surface area (Å²) in [7, 11) is 2.06. The van der Waals surface area contributed by atoms with Crippen LogP contribution in [0.15, 0.2) is 24.4 Å². The predicted molar refractivity (Wildman–Crippen MR) is 115 cm³/mol. The molecular weight excluding hydrogens is 403 g/mol. The number of anilines is 1. The average molecular weight is 429 g/mol. The van der Waals surface area contributed by atoms with Gasteiger partial charge in [-0.2, -0.15) is 0 Å². The van der Waals surface area contributed by atoms with Crippen molar-refractivity contribution in [2.24, 2.45) is 0 Å². The van der Waals surface area contributed by atoms with Gasteiger partial charge in [0.25, 0.3) is 6.43 Å². The molecule has 2 N–H and O–H groups in total. The van der Waals surface area contributed by atoms with Crippen molar-refractivity contribution in [2.75, 3.05) is 25.9 Å². The molecular formula is C23H26F3N5. The molecule has 2 aromatic heterocycles. The van der Waals surface area contributed by atoms with E-state index in [9.17, 15) is 8.78 Å². The molecule has 1 aliphatic rings. The Labute approximate surface area is 179 Å². The maximum Gasteiger partial charge on any atom is 0.266 e. The molecule has 3 aromatic rings. The first-order valence-corrected chi connectivity index (χ1v) is 10.5. The number of nitrogen functional groups attached to an aromatic ring is 1. The smallest absolute Gasteiger partial charge is 0.266 e. The third-order valence-corrected chi connectivity index (χ3v) is 6.15. The van der Waals surface area contributed by atoms with Gasteiger partial charge >= 0.3 is 0 Å². The molecule has 164 valence electrons. The lowest BCUT2D eigenvalue weighted by molar-refractivity contribution is 0.146. The number of alkyl halides is 2. The predicted octanol–water partition coefficient (Wildman–Crippen LogP) is 4.95. The first-order chi connectivity index (χ1) is 14.8. The molecule has 0 amide bonds. The fourth-order valence-corrected chi connectivity index (χ4v) is 4.69. The summed E-state index contributed by atoms with van der Waals surface area (Å²) in [6, 6.07) is 4.13. The van der Waals surface area contributed by atoms with Gasteiger partial charge < -0.3 is 10.6 Å². The topological polar surface area (TPSA) is 67.9 Å². The number of aryl methyl sites for hydroxylation is 1. The molecule has 5 nitrogen and oxygen atoms in total. The average Bonchev–Trinajstić information content (AvgIpc) is 2.72. The second-order valence-corrected chi connectivity index (χ2v) is 8.35. The van der Waals surface area contributed by atoms with Crippen LogP contribution in [0.5, 0.6) is 0 Å². The summed E-state index contributed by atoms with van der Waals surface area (Å²) in [5, 5.41) is 0.623. The monoisotopic (exact) mass is 429 g/mol. The summed E-state index contributed by atoms with van der Waals surface area (Å²) in [6.07, 6.45) is 0.755. The van der Waals surface area contributed by atoms with E-state index in [1.807, 2.05) is 0 Å². The Balaban J connectivity index is 1.96. The number of aromatic nitrogens is 3. The Morgan fingerprint density at radius 3 is 2.65 bits per heavy atom. The number of likely N-dealkylation sites (N-methyl/N-ethyl adjacent to an activating group) is 1. The number of hydrogen-bond donors (Lipinski definition) is 1. The third kappa shape index (κ3) is 3.96. The molecule has 0 bridgehead atoms. The van der Waals surface area contributed by atoms with Gasteiger partial charge in [0.05, 0.1) is 17.3 Å². The molecule has 31 heavy (non-hydrogen) atoms. The number of nitrogens with two attached hydrogens (primary N) is 1. The van der Waals surface area contributed by atoms with Gasteiger partial charge in [0.1, 0.15) is 17.5 Å². The second-order valence-electron chi connectivity index (χ2n) is 8.35. The first-order valence-electron chi connectivity index (χ1n) is 10.5. The first kappa shape index (κ1) is 21.5. The fraction of sp³-hybridized carbons (Fsp3) is 0.435. The van der Waals surface area contributed by atoms with Crippen molar-refractivity contribution in [3.8, 4) is 0 Å². The zero-order chi connectivity index (χ0) is 22.3. The molecule has 2 atom stereocenters. The Kier molecular flexibility index (Phi) is 5.83. The number of hydrogen-bond acceptors (Lipinski definition) is 5. The summed E-state index contributed by atoms with van der Waals surface area (Å²) in [5.41, 5.74) is 8.01. The van der Waals surface area contributed by atoms with E-state index in [0.717, 1.165) is 43.3 Å². The van der Waals surface area contributed by atoms with Crippen LogP contribution in [0.4, 0.5) is 19.0 Å². The highest BCUT2D eigenvalue weighted by atomic mass is 19.3. The minimum atomic E-state index is -2.89. The second kappa shape index (κ2) is 8.42. The van der Waals surface area contributed by atoms with E-state index in [4.69, 9.17) is 10.7 Å². The third-order valence-electron chi connectivity index (χ3n) is 6.15. The van der Waals surface area contributed by atoms with Crippen molar-refractivity contribution >= 4 is 16.7 Å². The van der Waals surface area contributed by atoms with E-state index in [0.29, 0.717) is 22.5 Å². The lowest BCUT2D eigenvalue weighted by Gasteiger charge is -2.32. The molecule has 4 rings (SSSR count). The van der Waals surface area contributed by atoms with Gasteiger partial charge in [-0.1, -0.05) is 25.1 Å². The van der Waals surface area contributed by atoms with Crippen LogP contribution in [0.25, 0.3) is 10.9 Å². The van der Waals surface area contributed by atoms with E-state index in [2.05, 4.69) is 21.9 Å². The van der Waals surface area contributed by atoms with Crippen LogP contribution >= 0.6 is 0 Å². The van der Waals surface area contributed by atoms with Crippen molar-refractivity contribution in [2.45, 2.75) is 45.0 Å². The van der Waals surface area contributed by atoms with Gasteiger partial charge in [-0.05, 0) is 44.5 Å². The minimum Gasteiger partial charge on any atom is -0.383 e. The molecule has 0 radical (unpaired) electrons. The summed E-state index contributed by atoms with van der Waals surface area (Å²) >= 11 is 0. The van der Waals surface area contributed by atoms with Crippen LogP contribution in [-0.2, 0) is 0 Å². The van der Waals surface area contributed by atoms with Gasteiger partial charge in [-0.3, -0.25) is 4.98 Å². The zero-order valence-electron chi connectivity index (χ0n) is 17.9. The van der Waals surface area contributed by atoms with E-state index < -0.39 is 23.7 Å². The van der Waals surface area contributed by atoms with Crippen molar-refractivity contribution in [1.29, 1.82) is 0 Å². The highest BCUT2D eigenvalue weighted by molar-refractivity contribution is 5.92. The molecule has 1 aliphatic heterocycles. The standard InChI is InChI=1S/C23H26F3N5/c1-12(15-7-4-8-16(20(15)24)22(25)26)18-19-17(29-13(2)30-23(19)27)10-28-21(18)14-6-5-9-31(3)11-14/h4,7-8,10,12,14,22H,5-6,9,11H2,1-3H3,(H2,27,29,30)/t12-,14-/m0/s1. The molecule has 1 aromatic carbocycles. The number of rotatable bonds is 4. The highest BCUT2D eigenvalue weighted by Gasteiger charge is 2.30. The summed E-state index contributed by atoms with van der Waals surface area (Å²) in [4.78, 5) is 15.8. The van der Waals surface area contributed by atoms with Gasteiger partial charge in [-0.15, -0.1) is 0 Å². The molecule has 0 saturated carbocycles. The van der Waals surface area contributed by atoms with Crippen LogP contribution in [0.3, 0.4) is 0 Å². The van der Waals surface area contributed by atoms with E-state index in [-0.39, 0.29) is 11.5 Å². The van der Waals surface area contributed by atoms with Crippen LogP contribution in [0, 0.1) is 12.7 Å². The number of halogens is 3. The van der Waals surface area contributed by atoms with Crippen molar-refractivity contribution in [3.05, 3.63) is 58.4 Å². The van der Waals surface area contributed by atoms with Crippen LogP contribution in [0.2, 0.25) is 0 Å². The van der Waals surface area contributed by atoms with Gasteiger partial charge in [0, 0.05) is 29.5 Å². The molecule has 0 spiro atoms. The lowest BCUT2D eigenvalue weighted by atomic mass is 9.82. The maximum atomic E-state index is 15.1. The summed E-state index contributed by atoms with van der Waals surface area (Å²) in [6.45, 7) is 5.36. The number of benzene rings is 1. The molecule has 0 aliphatic carbocycles. The SMILES string of the molecule is Cc1nc(N)c2c([C@@H](C)c3cccc(C(F)F)c3F)c([C@H]3CCCN(C)C3)ncc2n1. The van der Waals surface area contributed by atoms with Gasteiger partial charge in [0.2, 0.25) is 0 Å². The van der Waals surface area contributed by atoms with Gasteiger partial charge in [-0.25, -0.2) is 23.1 Å². The van der Waals surface area contributed by atoms with E-state index in [1.54, 1.807) is 26.1 Å². The Morgan fingerprint density at radius 2 is 1.94 bits per heavy atom. The van der Waals surface area contributed by atoms with E-state index in [1.165, 1.54) is 6.07 Å². The van der Waals surface area contributed by atoms with Crippen LogP contribution in [-0.4, -0.2) is 40.0 Å². The van der Waals surface area contributed by atoms with E-state index >= 15 is 4.39 Å². The largest absolute Gasteiger partial charge is 0.383 e. The zero-order valence-corrected chi connectivity index (χ0v) is 17.9. The normalized spacial score (nSPS) is 18.6. The lowest BCUT2D eigenvalue weighted by Crippen LogP contribution is -2.32. The van der Waals surface area contributed by atoms with Crippen LogP contribution < -0.4 is 5.73 Å². The molecule has 8 heteroatoms. The Hall–Kier alpha value is -2.74. The van der Waals surface area contributed by atoms with Crippen molar-refractivity contribution in [3.63, 3.8) is 0 Å². The molecule has 1 fully saturated rings. The van der Waals surface area contributed by atoms with Gasteiger partial charge in [0.15, 0.2) is 0 Å². The minimum absolute atomic E-state index is 0.127. The van der Waals surface area contributed by atoms with Crippen molar-refractivity contribution < 1.29 is 13.2 Å². The molecule has 0 unspecified atom stereocenters. The quantitative estimate of drug-likeness (QED) is 0.635.